The zero-order valence-corrected chi connectivity index (χ0v) is 10.6. The summed E-state index contributed by atoms with van der Waals surface area (Å²) in [5.74, 6) is -0.0844. The molecule has 1 aromatic rings. The first-order chi connectivity index (χ1) is 8.59. The molecule has 1 aliphatic heterocycles. The minimum absolute atomic E-state index is 0.0634. The molecule has 2 amide bonds. The molecule has 1 heterocycles. The Morgan fingerprint density at radius 2 is 2.11 bits per heavy atom. The monoisotopic (exact) mass is 264 g/mol. The minimum atomic E-state index is -0.257. The first-order valence-electron chi connectivity index (χ1n) is 5.40. The first kappa shape index (κ1) is 12.6. The van der Waals surface area contributed by atoms with E-state index in [0.29, 0.717) is 11.3 Å². The zero-order valence-electron chi connectivity index (χ0n) is 9.80. The van der Waals surface area contributed by atoms with Crippen molar-refractivity contribution in [1.82, 2.24) is 4.90 Å². The fourth-order valence-corrected chi connectivity index (χ4v) is 2.37. The molecule has 0 atom stereocenters. The van der Waals surface area contributed by atoms with Gasteiger partial charge in [0.05, 0.1) is 12.4 Å². The van der Waals surface area contributed by atoms with Crippen LogP contribution < -0.4 is 5.32 Å². The van der Waals surface area contributed by atoms with Gasteiger partial charge in [0, 0.05) is 11.3 Å². The molecule has 1 aromatic carbocycles. The van der Waals surface area contributed by atoms with Crippen LogP contribution >= 0.6 is 11.8 Å². The van der Waals surface area contributed by atoms with Crippen LogP contribution in [0.25, 0.3) is 0 Å². The van der Waals surface area contributed by atoms with E-state index < -0.39 is 0 Å². The second-order valence-electron chi connectivity index (χ2n) is 3.81. The lowest BCUT2D eigenvalue weighted by Gasteiger charge is -2.16. The molecule has 0 aromatic heterocycles. The number of anilines is 1. The number of carbonyl (C=O) groups excluding carboxylic acids is 3. The van der Waals surface area contributed by atoms with E-state index in [-0.39, 0.29) is 29.4 Å². The first-order valence-corrected chi connectivity index (χ1v) is 6.39. The number of imide groups is 1. The molecule has 1 saturated heterocycles. The second kappa shape index (κ2) is 5.22. The summed E-state index contributed by atoms with van der Waals surface area (Å²) in [6.45, 7) is 1.57. The number of thioether (sulfide) groups is 1. The van der Waals surface area contributed by atoms with Gasteiger partial charge >= 0.3 is 0 Å². The molecule has 0 bridgehead atoms. The van der Waals surface area contributed by atoms with Gasteiger partial charge in [-0.3, -0.25) is 19.3 Å². The van der Waals surface area contributed by atoms with Crippen LogP contribution in [0.1, 0.15) is 17.3 Å². The lowest BCUT2D eigenvalue weighted by atomic mass is 10.1. The molecule has 6 heteroatoms. The molecular formula is C12H12N2O3S. The van der Waals surface area contributed by atoms with Crippen molar-refractivity contribution in [2.24, 2.45) is 0 Å². The molecule has 94 valence electrons. The van der Waals surface area contributed by atoms with E-state index in [2.05, 4.69) is 5.32 Å². The number of ketones is 1. The highest BCUT2D eigenvalue weighted by Crippen LogP contribution is 2.20. The SMILES string of the molecule is CC(=O)c1ccccc1NCN1C(=O)CSC1=O. The summed E-state index contributed by atoms with van der Waals surface area (Å²) in [5, 5.41) is 2.69. The number of benzene rings is 1. The van der Waals surface area contributed by atoms with Gasteiger partial charge in [0.2, 0.25) is 5.91 Å². The van der Waals surface area contributed by atoms with E-state index in [0.717, 1.165) is 16.7 Å². The number of hydrogen-bond acceptors (Lipinski definition) is 5. The molecule has 1 fully saturated rings. The highest BCUT2D eigenvalue weighted by molar-refractivity contribution is 8.14. The van der Waals surface area contributed by atoms with E-state index in [9.17, 15) is 14.4 Å². The van der Waals surface area contributed by atoms with E-state index in [1.54, 1.807) is 24.3 Å². The Morgan fingerprint density at radius 3 is 2.72 bits per heavy atom. The van der Waals surface area contributed by atoms with Gasteiger partial charge in [-0.1, -0.05) is 23.9 Å². The Kier molecular flexibility index (Phi) is 3.66. The maximum absolute atomic E-state index is 11.4. The van der Waals surface area contributed by atoms with Gasteiger partial charge in [-0.15, -0.1) is 0 Å². The highest BCUT2D eigenvalue weighted by atomic mass is 32.2. The largest absolute Gasteiger partial charge is 0.367 e. The van der Waals surface area contributed by atoms with Crippen molar-refractivity contribution in [3.05, 3.63) is 29.8 Å². The molecule has 1 N–H and O–H groups in total. The summed E-state index contributed by atoms with van der Waals surface area (Å²) in [4.78, 5) is 35.3. The number of nitrogens with one attached hydrogen (secondary N) is 1. The third kappa shape index (κ3) is 2.53. The molecule has 0 unspecified atom stereocenters. The molecule has 2 rings (SSSR count). The Hall–Kier alpha value is -1.82. The van der Waals surface area contributed by atoms with Crippen molar-refractivity contribution in [1.29, 1.82) is 0 Å². The summed E-state index contributed by atoms with van der Waals surface area (Å²) in [7, 11) is 0. The van der Waals surface area contributed by atoms with Gasteiger partial charge in [0.1, 0.15) is 0 Å². The fraction of sp³-hybridized carbons (Fsp3) is 0.250. The molecule has 0 spiro atoms. The molecule has 1 aliphatic rings. The van der Waals surface area contributed by atoms with E-state index in [1.807, 2.05) is 0 Å². The summed E-state index contributed by atoms with van der Waals surface area (Å²) >= 11 is 0.990. The van der Waals surface area contributed by atoms with E-state index in [4.69, 9.17) is 0 Å². The Bertz CT molecular complexity index is 500. The summed E-state index contributed by atoms with van der Waals surface area (Å²) < 4.78 is 0. The van der Waals surface area contributed by atoms with Crippen LogP contribution in [0.3, 0.4) is 0 Å². The molecule has 0 aliphatic carbocycles. The zero-order chi connectivity index (χ0) is 13.1. The summed E-state index contributed by atoms with van der Waals surface area (Å²) in [6, 6.07) is 7.00. The second-order valence-corrected chi connectivity index (χ2v) is 4.74. The van der Waals surface area contributed by atoms with Gasteiger partial charge in [-0.05, 0) is 19.1 Å². The number of amides is 2. The van der Waals surface area contributed by atoms with E-state index >= 15 is 0 Å². The fourth-order valence-electron chi connectivity index (χ4n) is 1.64. The molecular weight excluding hydrogens is 252 g/mol. The maximum atomic E-state index is 11.4. The minimum Gasteiger partial charge on any atom is -0.367 e. The lowest BCUT2D eigenvalue weighted by molar-refractivity contribution is -0.124. The Morgan fingerprint density at radius 1 is 1.39 bits per heavy atom. The van der Waals surface area contributed by atoms with Crippen molar-refractivity contribution in [3.63, 3.8) is 0 Å². The lowest BCUT2D eigenvalue weighted by Crippen LogP contribution is -2.33. The molecule has 5 nitrogen and oxygen atoms in total. The van der Waals surface area contributed by atoms with Gasteiger partial charge in [0.15, 0.2) is 5.78 Å². The third-order valence-corrected chi connectivity index (χ3v) is 3.43. The van der Waals surface area contributed by atoms with Crippen molar-refractivity contribution < 1.29 is 14.4 Å². The summed E-state index contributed by atoms with van der Waals surface area (Å²) in [5.41, 5.74) is 1.17. The van der Waals surface area contributed by atoms with Crippen molar-refractivity contribution >= 4 is 34.4 Å². The van der Waals surface area contributed by atoms with Crippen molar-refractivity contribution in [2.45, 2.75) is 6.92 Å². The van der Waals surface area contributed by atoms with Crippen LogP contribution in [0.5, 0.6) is 0 Å². The number of hydrogen-bond donors (Lipinski definition) is 1. The van der Waals surface area contributed by atoms with Crippen LogP contribution in [-0.2, 0) is 4.79 Å². The number of rotatable bonds is 4. The predicted octanol–water partition coefficient (Wildman–Crippen LogP) is 1.95. The smallest absolute Gasteiger partial charge is 0.290 e. The summed E-state index contributed by atoms with van der Waals surface area (Å²) in [6.07, 6.45) is 0. The van der Waals surface area contributed by atoms with Crippen LogP contribution in [0, 0.1) is 0 Å². The van der Waals surface area contributed by atoms with Crippen molar-refractivity contribution in [2.75, 3.05) is 17.7 Å². The predicted molar refractivity (Wildman–Crippen MR) is 69.6 cm³/mol. The molecule has 0 saturated carbocycles. The topological polar surface area (TPSA) is 66.5 Å². The normalized spacial score (nSPS) is 15.1. The van der Waals surface area contributed by atoms with Crippen molar-refractivity contribution in [3.8, 4) is 0 Å². The average Bonchev–Trinajstić information content (AvgIpc) is 2.67. The van der Waals surface area contributed by atoms with E-state index in [1.165, 1.54) is 6.92 Å². The molecule has 0 radical (unpaired) electrons. The van der Waals surface area contributed by atoms with Crippen LogP contribution in [-0.4, -0.2) is 34.3 Å². The number of Topliss-reactive ketones (excluding diaryl/α,β-unsaturated/α-hetero) is 1. The van der Waals surface area contributed by atoms with Crippen LogP contribution in [0.15, 0.2) is 24.3 Å². The highest BCUT2D eigenvalue weighted by Gasteiger charge is 2.29. The Balaban J connectivity index is 2.09. The standard InChI is InChI=1S/C12H12N2O3S/c1-8(15)9-4-2-3-5-10(9)13-7-14-11(16)6-18-12(14)17/h2-5,13H,6-7H2,1H3. The number of nitrogens with zero attached hydrogens (tertiary/aromatic N) is 1. The van der Waals surface area contributed by atoms with Gasteiger partial charge in [0.25, 0.3) is 5.24 Å². The Labute approximate surface area is 109 Å². The third-order valence-electron chi connectivity index (χ3n) is 2.57. The van der Waals surface area contributed by atoms with Gasteiger partial charge < -0.3 is 5.32 Å². The van der Waals surface area contributed by atoms with Gasteiger partial charge in [-0.25, -0.2) is 0 Å². The average molecular weight is 264 g/mol. The van der Waals surface area contributed by atoms with Gasteiger partial charge in [-0.2, -0.15) is 0 Å². The quantitative estimate of drug-likeness (QED) is 0.842. The van der Waals surface area contributed by atoms with Crippen LogP contribution in [0.4, 0.5) is 10.5 Å². The number of para-hydroxylation sites is 1. The molecule has 18 heavy (non-hydrogen) atoms. The number of carbonyl (C=O) groups is 3. The maximum Gasteiger partial charge on any atom is 0.290 e. The van der Waals surface area contributed by atoms with Crippen LogP contribution in [0.2, 0.25) is 0 Å².